The fraction of sp³-hybridized carbons (Fsp3) is 0.506. The third kappa shape index (κ3) is 76.7. The number of ether oxygens (including phenoxy) is 2. The number of rotatable bonds is 65. The summed E-state index contributed by atoms with van der Waals surface area (Å²) in [6.07, 6.45) is 122. The molecule has 0 aromatic heterocycles. The predicted molar refractivity (Wildman–Crippen MR) is 412 cm³/mol. The van der Waals surface area contributed by atoms with Crippen molar-refractivity contribution in [1.82, 2.24) is 0 Å². The number of esters is 2. The molecule has 0 aliphatic carbocycles. The summed E-state index contributed by atoms with van der Waals surface area (Å²) < 4.78 is 33.1. The van der Waals surface area contributed by atoms with Gasteiger partial charge in [0.1, 0.15) is 6.61 Å². The lowest BCUT2D eigenvalue weighted by molar-refractivity contribution is -0.161. The van der Waals surface area contributed by atoms with E-state index in [9.17, 15) is 19.0 Å². The quantitative estimate of drug-likeness (QED) is 0.0264. The summed E-state index contributed by atoms with van der Waals surface area (Å²) in [6.45, 7) is 3.44. The van der Waals surface area contributed by atoms with Gasteiger partial charge in [-0.05, 0) is 167 Å². The number of hydrogen-bond donors (Lipinski definition) is 2. The summed E-state index contributed by atoms with van der Waals surface area (Å²) >= 11 is 0. The summed E-state index contributed by atoms with van der Waals surface area (Å²) in [7, 11) is -4.43. The van der Waals surface area contributed by atoms with Crippen LogP contribution in [-0.4, -0.2) is 49.3 Å². The van der Waals surface area contributed by atoms with E-state index < -0.39 is 32.5 Å². The molecule has 0 rings (SSSR count). The van der Waals surface area contributed by atoms with Gasteiger partial charge in [0.2, 0.25) is 0 Å². The second kappa shape index (κ2) is 76.8. The summed E-state index contributed by atoms with van der Waals surface area (Å²) in [5.41, 5.74) is 5.40. The highest BCUT2D eigenvalue weighted by molar-refractivity contribution is 7.47. The van der Waals surface area contributed by atoms with Crippen molar-refractivity contribution in [3.63, 3.8) is 0 Å². The monoisotopic (exact) mass is 1320 g/mol. The Morgan fingerprint density at radius 1 is 0.316 bits per heavy atom. The van der Waals surface area contributed by atoms with Crippen molar-refractivity contribution in [3.05, 3.63) is 243 Å². The molecule has 0 aromatic carbocycles. The number of carbonyl (C=O) groups excluding carboxylic acids is 2. The van der Waals surface area contributed by atoms with Gasteiger partial charge < -0.3 is 20.1 Å². The van der Waals surface area contributed by atoms with Crippen LogP contribution in [0.15, 0.2) is 243 Å². The van der Waals surface area contributed by atoms with Crippen LogP contribution in [0.25, 0.3) is 0 Å². The zero-order valence-corrected chi connectivity index (χ0v) is 60.2. The molecule has 0 spiro atoms. The number of carbonyl (C=O) groups is 2. The number of allylic oxidation sites excluding steroid dienone is 40. The van der Waals surface area contributed by atoms with Gasteiger partial charge in [-0.1, -0.05) is 308 Å². The Balaban J connectivity index is 4.07. The predicted octanol–water partition coefficient (Wildman–Crippen LogP) is 24.7. The van der Waals surface area contributed by atoms with E-state index in [2.05, 4.69) is 257 Å². The molecule has 0 fully saturated rings. The molecule has 10 heteroatoms. The first kappa shape index (κ1) is 88.8. The van der Waals surface area contributed by atoms with E-state index in [-0.39, 0.29) is 32.6 Å². The Morgan fingerprint density at radius 3 is 0.821 bits per heavy atom. The Labute approximate surface area is 580 Å². The first-order chi connectivity index (χ1) is 46.8. The minimum Gasteiger partial charge on any atom is -0.462 e. The van der Waals surface area contributed by atoms with Crippen LogP contribution in [0.5, 0.6) is 0 Å². The molecule has 0 saturated heterocycles. The van der Waals surface area contributed by atoms with Crippen molar-refractivity contribution in [1.29, 1.82) is 0 Å². The van der Waals surface area contributed by atoms with Crippen LogP contribution in [0.3, 0.4) is 0 Å². The number of nitrogens with two attached hydrogens (primary N) is 1. The zero-order chi connectivity index (χ0) is 68.6. The molecule has 2 unspecified atom stereocenters. The Kier molecular flexibility index (Phi) is 71.8. The fourth-order valence-electron chi connectivity index (χ4n) is 8.93. The molecule has 3 N–H and O–H groups in total. The molecule has 0 heterocycles. The topological polar surface area (TPSA) is 134 Å². The minimum atomic E-state index is -4.43. The lowest BCUT2D eigenvalue weighted by atomic mass is 10.1. The number of unbranched alkanes of at least 4 members (excludes halogenated alkanes) is 12. The lowest BCUT2D eigenvalue weighted by Crippen LogP contribution is -2.29. The molecule has 0 bridgehead atoms. The highest BCUT2D eigenvalue weighted by Gasteiger charge is 2.26. The molecular weight excluding hydrogens is 1190 g/mol. The average Bonchev–Trinajstić information content (AvgIpc) is 2.64. The Morgan fingerprint density at radius 2 is 0.547 bits per heavy atom. The molecular formula is C85H130NO8P. The first-order valence-corrected chi connectivity index (χ1v) is 38.0. The summed E-state index contributed by atoms with van der Waals surface area (Å²) in [5.74, 6) is -0.892. The molecule has 9 nitrogen and oxygen atoms in total. The van der Waals surface area contributed by atoms with E-state index in [1.54, 1.807) is 0 Å². The van der Waals surface area contributed by atoms with E-state index >= 15 is 0 Å². The number of phosphoric acid groups is 1. The molecule has 0 aromatic rings. The third-order valence-corrected chi connectivity index (χ3v) is 15.2. The first-order valence-electron chi connectivity index (χ1n) is 36.5. The van der Waals surface area contributed by atoms with Gasteiger partial charge in [-0.2, -0.15) is 0 Å². The molecule has 0 aliphatic heterocycles. The second-order valence-electron chi connectivity index (χ2n) is 23.0. The SMILES string of the molecule is CC/C=C\C/C=C\C/C=C\C/C=C\C/C=C\C/C=C\C/C=C\C/C=C\C/C=C\C/C=C\C/C=C\CCCCCC(=O)OC(COC(=O)CCCCCCCCCCC/C=C\C/C=C\C/C=C\C/C=C\C/C=C\C/C=C\C/C=C\C/C=C\C/C=C\CC)COP(=O)(O)OCCN. The molecule has 0 saturated carbocycles. The van der Waals surface area contributed by atoms with E-state index in [4.69, 9.17) is 24.3 Å². The fourth-order valence-corrected chi connectivity index (χ4v) is 9.69. The van der Waals surface area contributed by atoms with Gasteiger partial charge >= 0.3 is 19.8 Å². The van der Waals surface area contributed by atoms with Gasteiger partial charge in [-0.3, -0.25) is 18.6 Å². The Bertz CT molecular complexity index is 2460. The number of phosphoric ester groups is 1. The van der Waals surface area contributed by atoms with Crippen LogP contribution in [-0.2, 0) is 32.7 Å². The van der Waals surface area contributed by atoms with Gasteiger partial charge in [0.05, 0.1) is 13.2 Å². The third-order valence-electron chi connectivity index (χ3n) is 14.2. The van der Waals surface area contributed by atoms with Crippen LogP contribution in [0.4, 0.5) is 0 Å². The summed E-state index contributed by atoms with van der Waals surface area (Å²) in [5, 5.41) is 0. The normalized spacial score (nSPS) is 14.4. The van der Waals surface area contributed by atoms with Crippen LogP contribution in [0.1, 0.15) is 245 Å². The van der Waals surface area contributed by atoms with Gasteiger partial charge in [-0.15, -0.1) is 0 Å². The smallest absolute Gasteiger partial charge is 0.462 e. The average molecular weight is 1320 g/mol. The minimum absolute atomic E-state index is 0.0335. The van der Waals surface area contributed by atoms with Crippen molar-refractivity contribution in [2.24, 2.45) is 5.73 Å². The van der Waals surface area contributed by atoms with Gasteiger partial charge in [0, 0.05) is 19.4 Å². The van der Waals surface area contributed by atoms with Crippen LogP contribution >= 0.6 is 7.82 Å². The van der Waals surface area contributed by atoms with Crippen LogP contribution in [0, 0.1) is 0 Å². The highest BCUT2D eigenvalue weighted by atomic mass is 31.2. The van der Waals surface area contributed by atoms with E-state index in [1.165, 1.54) is 32.1 Å². The van der Waals surface area contributed by atoms with Crippen LogP contribution < -0.4 is 5.73 Å². The molecule has 2 atom stereocenters. The molecule has 0 radical (unpaired) electrons. The van der Waals surface area contributed by atoms with Gasteiger partial charge in [-0.25, -0.2) is 4.57 Å². The number of hydrogen-bond acceptors (Lipinski definition) is 8. The van der Waals surface area contributed by atoms with Crippen molar-refractivity contribution in [2.45, 2.75) is 251 Å². The molecule has 0 amide bonds. The largest absolute Gasteiger partial charge is 0.472 e. The van der Waals surface area contributed by atoms with Gasteiger partial charge in [0.25, 0.3) is 0 Å². The molecule has 528 valence electrons. The highest BCUT2D eigenvalue weighted by Crippen LogP contribution is 2.43. The van der Waals surface area contributed by atoms with Crippen LogP contribution in [0.2, 0.25) is 0 Å². The molecule has 0 aliphatic rings. The van der Waals surface area contributed by atoms with Crippen molar-refractivity contribution < 1.29 is 37.6 Å². The summed E-state index contributed by atoms with van der Waals surface area (Å²) in [6, 6.07) is 0. The van der Waals surface area contributed by atoms with E-state index in [0.717, 1.165) is 173 Å². The lowest BCUT2D eigenvalue weighted by Gasteiger charge is -2.19. The maximum absolute atomic E-state index is 12.8. The van der Waals surface area contributed by atoms with Gasteiger partial charge in [0.15, 0.2) is 6.10 Å². The maximum atomic E-state index is 12.8. The van der Waals surface area contributed by atoms with E-state index in [0.29, 0.717) is 12.8 Å². The maximum Gasteiger partial charge on any atom is 0.472 e. The standard InChI is InChI=1S/C85H130NO8P/c1-3-5-7-9-11-13-15-17-19-21-23-25-27-29-31-33-35-37-39-41-43-45-47-49-51-53-55-57-59-61-63-65-67-69-71-73-75-77-84(87)91-81-83(82-93-95(89,90)92-80-79-86)94-85(88)78-76-74-72-70-68-66-64-62-60-58-56-54-52-50-48-46-44-42-40-38-36-34-32-30-28-26-24-22-20-18-16-14-12-10-8-6-4-2/h5-8,11-14,17-20,23-26,29-32,35-38,41-44,47-50,53-56,60,62,66,68,83H,3-4,9-10,15-16,21-22,27-28,33-34,39-40,45-46,51-52,57-59,61,63-65,67,69-82,86H2,1-2H3,(H,89,90)/b7-5-,8-6-,13-11-,14-12-,19-17-,20-18-,25-23-,26-24-,31-29-,32-30-,37-35-,38-36-,43-41-,44-42-,49-47-,50-48-,55-53-,56-54-,62-60-,68-66-. The summed E-state index contributed by atoms with van der Waals surface area (Å²) in [4.78, 5) is 35.4. The molecule has 95 heavy (non-hydrogen) atoms. The van der Waals surface area contributed by atoms with Crippen molar-refractivity contribution in [3.8, 4) is 0 Å². The van der Waals surface area contributed by atoms with E-state index in [1.807, 2.05) is 0 Å². The van der Waals surface area contributed by atoms with Crippen molar-refractivity contribution >= 4 is 19.8 Å². The second-order valence-corrected chi connectivity index (χ2v) is 24.4. The Hall–Kier alpha value is -6.19. The van der Waals surface area contributed by atoms with Crippen molar-refractivity contribution in [2.75, 3.05) is 26.4 Å². The zero-order valence-electron chi connectivity index (χ0n) is 59.3.